The standard InChI is InChI=1S/C17H13ClN2S/c18-10-13-11-21-17-19-15-9-5-4-8-14(15)16(20(13)17)12-6-2-1-3-7-12/h1-9,11,16H,10H2. The highest BCUT2D eigenvalue weighted by Crippen LogP contribution is 2.46. The number of amidine groups is 1. The Balaban J connectivity index is 1.92. The molecule has 2 heterocycles. The summed E-state index contributed by atoms with van der Waals surface area (Å²) < 4.78 is 0. The molecule has 0 bridgehead atoms. The van der Waals surface area contributed by atoms with Gasteiger partial charge in [0.2, 0.25) is 0 Å². The molecule has 1 unspecified atom stereocenters. The van der Waals surface area contributed by atoms with E-state index in [1.165, 1.54) is 11.1 Å². The fourth-order valence-corrected chi connectivity index (χ4v) is 4.06. The Hall–Kier alpha value is -1.71. The Morgan fingerprint density at radius 2 is 1.81 bits per heavy atom. The van der Waals surface area contributed by atoms with Crippen LogP contribution in [-0.4, -0.2) is 15.9 Å². The molecule has 2 nitrogen and oxygen atoms in total. The number of fused-ring (bicyclic) bond motifs is 2. The number of allylic oxidation sites excluding steroid dienone is 1. The topological polar surface area (TPSA) is 15.6 Å². The summed E-state index contributed by atoms with van der Waals surface area (Å²) in [7, 11) is 0. The van der Waals surface area contributed by atoms with E-state index < -0.39 is 0 Å². The van der Waals surface area contributed by atoms with Gasteiger partial charge in [-0.1, -0.05) is 60.3 Å². The van der Waals surface area contributed by atoms with Crippen LogP contribution >= 0.6 is 23.4 Å². The molecule has 2 aromatic rings. The maximum Gasteiger partial charge on any atom is 0.173 e. The highest BCUT2D eigenvalue weighted by Gasteiger charge is 2.35. The number of thioether (sulfide) groups is 1. The molecule has 0 aromatic heterocycles. The molecule has 2 aromatic carbocycles. The van der Waals surface area contributed by atoms with Gasteiger partial charge in [-0.2, -0.15) is 0 Å². The third kappa shape index (κ3) is 2.08. The lowest BCUT2D eigenvalue weighted by molar-refractivity contribution is 0.444. The van der Waals surface area contributed by atoms with Crippen LogP contribution in [0.3, 0.4) is 0 Å². The van der Waals surface area contributed by atoms with Gasteiger partial charge in [0.25, 0.3) is 0 Å². The summed E-state index contributed by atoms with van der Waals surface area (Å²) in [5, 5.41) is 3.12. The quantitative estimate of drug-likeness (QED) is 0.732. The molecule has 104 valence electrons. The molecule has 0 spiro atoms. The lowest BCUT2D eigenvalue weighted by Gasteiger charge is -2.35. The van der Waals surface area contributed by atoms with E-state index in [2.05, 4.69) is 52.8 Å². The molecule has 2 aliphatic rings. The third-order valence-electron chi connectivity index (χ3n) is 3.77. The summed E-state index contributed by atoms with van der Waals surface area (Å²) in [6.45, 7) is 0. The van der Waals surface area contributed by atoms with Crippen LogP contribution in [0.2, 0.25) is 0 Å². The minimum absolute atomic E-state index is 0.148. The van der Waals surface area contributed by atoms with Crippen LogP contribution in [0.4, 0.5) is 5.69 Å². The SMILES string of the molecule is ClCC1=CSC2=Nc3ccccc3C(c3ccccc3)N12. The number of benzene rings is 2. The fraction of sp³-hybridized carbons (Fsp3) is 0.118. The molecule has 1 atom stereocenters. The van der Waals surface area contributed by atoms with Gasteiger partial charge in [0, 0.05) is 11.3 Å². The lowest BCUT2D eigenvalue weighted by atomic mass is 9.94. The second-order valence-electron chi connectivity index (χ2n) is 5.00. The van der Waals surface area contributed by atoms with Gasteiger partial charge >= 0.3 is 0 Å². The Morgan fingerprint density at radius 3 is 2.62 bits per heavy atom. The van der Waals surface area contributed by atoms with Gasteiger partial charge in [-0.05, 0) is 17.0 Å². The van der Waals surface area contributed by atoms with Crippen molar-refractivity contribution in [1.82, 2.24) is 4.90 Å². The summed E-state index contributed by atoms with van der Waals surface area (Å²) in [5.41, 5.74) is 4.65. The van der Waals surface area contributed by atoms with Gasteiger partial charge in [0.1, 0.15) is 0 Å². The highest BCUT2D eigenvalue weighted by molar-refractivity contribution is 8.16. The van der Waals surface area contributed by atoms with Gasteiger partial charge in [-0.15, -0.1) is 11.6 Å². The van der Waals surface area contributed by atoms with Crippen molar-refractivity contribution in [3.8, 4) is 0 Å². The van der Waals surface area contributed by atoms with Gasteiger partial charge in [0.15, 0.2) is 5.17 Å². The smallest absolute Gasteiger partial charge is 0.173 e. The summed E-state index contributed by atoms with van der Waals surface area (Å²) in [6.07, 6.45) is 0. The summed E-state index contributed by atoms with van der Waals surface area (Å²) in [6, 6.07) is 19.0. The van der Waals surface area contributed by atoms with Crippen LogP contribution < -0.4 is 0 Å². The van der Waals surface area contributed by atoms with Crippen molar-refractivity contribution >= 4 is 34.2 Å². The molecule has 0 radical (unpaired) electrons. The zero-order chi connectivity index (χ0) is 14.2. The van der Waals surface area contributed by atoms with E-state index in [0.717, 1.165) is 16.6 Å². The minimum Gasteiger partial charge on any atom is -0.311 e. The van der Waals surface area contributed by atoms with E-state index in [1.54, 1.807) is 11.8 Å². The van der Waals surface area contributed by atoms with Crippen LogP contribution in [0.15, 0.2) is 70.7 Å². The minimum atomic E-state index is 0.148. The van der Waals surface area contributed by atoms with E-state index in [-0.39, 0.29) is 6.04 Å². The second-order valence-corrected chi connectivity index (χ2v) is 6.10. The number of alkyl halides is 1. The van der Waals surface area contributed by atoms with Crippen molar-refractivity contribution in [2.75, 3.05) is 5.88 Å². The van der Waals surface area contributed by atoms with Crippen molar-refractivity contribution < 1.29 is 0 Å². The molecule has 4 rings (SSSR count). The first-order valence-corrected chi connectivity index (χ1v) is 8.23. The number of hydrogen-bond donors (Lipinski definition) is 0. The van der Waals surface area contributed by atoms with Crippen molar-refractivity contribution in [2.45, 2.75) is 6.04 Å². The zero-order valence-corrected chi connectivity index (χ0v) is 12.8. The van der Waals surface area contributed by atoms with Crippen molar-refractivity contribution in [2.24, 2.45) is 4.99 Å². The Morgan fingerprint density at radius 1 is 1.05 bits per heavy atom. The maximum absolute atomic E-state index is 6.13. The van der Waals surface area contributed by atoms with Crippen LogP contribution in [0.25, 0.3) is 0 Å². The van der Waals surface area contributed by atoms with E-state index in [0.29, 0.717) is 5.88 Å². The third-order valence-corrected chi connectivity index (χ3v) is 4.94. The highest BCUT2D eigenvalue weighted by atomic mass is 35.5. The first-order chi connectivity index (χ1) is 10.4. The lowest BCUT2D eigenvalue weighted by Crippen LogP contribution is -2.33. The Kier molecular flexibility index (Phi) is 3.24. The zero-order valence-electron chi connectivity index (χ0n) is 11.2. The average Bonchev–Trinajstić information content (AvgIpc) is 2.96. The number of nitrogens with zero attached hydrogens (tertiary/aromatic N) is 2. The van der Waals surface area contributed by atoms with Crippen LogP contribution in [0, 0.1) is 0 Å². The second kappa shape index (κ2) is 5.24. The first kappa shape index (κ1) is 13.0. The molecule has 0 saturated heterocycles. The molecule has 21 heavy (non-hydrogen) atoms. The van der Waals surface area contributed by atoms with Crippen LogP contribution in [-0.2, 0) is 0 Å². The van der Waals surface area contributed by atoms with E-state index >= 15 is 0 Å². The largest absolute Gasteiger partial charge is 0.311 e. The van der Waals surface area contributed by atoms with E-state index in [1.807, 2.05) is 12.1 Å². The predicted molar refractivity (Wildman–Crippen MR) is 90.1 cm³/mol. The predicted octanol–water partition coefficient (Wildman–Crippen LogP) is 4.91. The molecule has 0 amide bonds. The van der Waals surface area contributed by atoms with Crippen LogP contribution in [0.1, 0.15) is 17.2 Å². The average molecular weight is 313 g/mol. The molecule has 0 aliphatic carbocycles. The first-order valence-electron chi connectivity index (χ1n) is 6.82. The molecule has 4 heteroatoms. The molecular formula is C17H13ClN2S. The number of hydrogen-bond acceptors (Lipinski definition) is 3. The number of halogens is 1. The molecule has 0 fully saturated rings. The number of para-hydroxylation sites is 1. The number of aliphatic imine (C=N–C) groups is 1. The summed E-state index contributed by atoms with van der Waals surface area (Å²) in [4.78, 5) is 7.04. The molecule has 0 N–H and O–H groups in total. The monoisotopic (exact) mass is 312 g/mol. The molecule has 0 saturated carbocycles. The maximum atomic E-state index is 6.13. The van der Waals surface area contributed by atoms with Crippen LogP contribution in [0.5, 0.6) is 0 Å². The van der Waals surface area contributed by atoms with Crippen molar-refractivity contribution in [3.05, 3.63) is 76.8 Å². The fourth-order valence-electron chi connectivity index (χ4n) is 2.84. The number of rotatable bonds is 2. The molecular weight excluding hydrogens is 300 g/mol. The van der Waals surface area contributed by atoms with Crippen molar-refractivity contribution in [3.63, 3.8) is 0 Å². The summed E-state index contributed by atoms with van der Waals surface area (Å²) >= 11 is 7.78. The summed E-state index contributed by atoms with van der Waals surface area (Å²) in [5.74, 6) is 0.498. The van der Waals surface area contributed by atoms with Gasteiger partial charge in [-0.25, -0.2) is 4.99 Å². The Bertz CT molecular complexity index is 739. The normalized spacial score (nSPS) is 19.7. The molecule has 2 aliphatic heterocycles. The Labute approximate surface area is 133 Å². The van der Waals surface area contributed by atoms with Crippen molar-refractivity contribution in [1.29, 1.82) is 0 Å². The van der Waals surface area contributed by atoms with E-state index in [4.69, 9.17) is 16.6 Å². The van der Waals surface area contributed by atoms with Gasteiger partial charge in [0.05, 0.1) is 17.6 Å². The van der Waals surface area contributed by atoms with Gasteiger partial charge < -0.3 is 4.90 Å². The van der Waals surface area contributed by atoms with Gasteiger partial charge in [-0.3, -0.25) is 0 Å². The van der Waals surface area contributed by atoms with E-state index in [9.17, 15) is 0 Å².